The largest absolute Gasteiger partial charge is 0.361 e. The highest BCUT2D eigenvalue weighted by Crippen LogP contribution is 2.19. The van der Waals surface area contributed by atoms with Gasteiger partial charge in [0, 0.05) is 34.9 Å². The standard InChI is InChI=1S/C23H20FN3O3S/c24-18-8-10-19(11-9-18)27-31(29,30)20-5-3-4-16(14-20)23(28)25-13-12-17-15-26-22-7-2-1-6-21(17)22/h1-11,14-15,26-27H,12-13H2,(H,25,28). The minimum atomic E-state index is -3.92. The van der Waals surface area contributed by atoms with Crippen LogP contribution in [0.5, 0.6) is 0 Å². The van der Waals surface area contributed by atoms with Gasteiger partial charge in [0.1, 0.15) is 5.82 Å². The lowest BCUT2D eigenvalue weighted by Crippen LogP contribution is -2.26. The Morgan fingerprint density at radius 2 is 1.74 bits per heavy atom. The third-order valence-electron chi connectivity index (χ3n) is 4.86. The Morgan fingerprint density at radius 1 is 0.968 bits per heavy atom. The molecular formula is C23H20FN3O3S. The number of aromatic amines is 1. The van der Waals surface area contributed by atoms with Crippen LogP contribution in [-0.2, 0) is 16.4 Å². The first kappa shape index (κ1) is 20.6. The van der Waals surface area contributed by atoms with E-state index in [0.29, 0.717) is 13.0 Å². The summed E-state index contributed by atoms with van der Waals surface area (Å²) in [6, 6.07) is 18.7. The fraction of sp³-hybridized carbons (Fsp3) is 0.0870. The van der Waals surface area contributed by atoms with Crippen molar-refractivity contribution in [1.82, 2.24) is 10.3 Å². The second kappa shape index (κ2) is 8.61. The summed E-state index contributed by atoms with van der Waals surface area (Å²) in [6.45, 7) is 0.408. The van der Waals surface area contributed by atoms with Gasteiger partial charge in [-0.2, -0.15) is 0 Å². The Labute approximate surface area is 179 Å². The molecule has 0 radical (unpaired) electrons. The number of nitrogens with one attached hydrogen (secondary N) is 3. The molecule has 3 aromatic carbocycles. The number of carbonyl (C=O) groups is 1. The predicted molar refractivity (Wildman–Crippen MR) is 118 cm³/mol. The van der Waals surface area contributed by atoms with E-state index in [0.717, 1.165) is 28.6 Å². The lowest BCUT2D eigenvalue weighted by molar-refractivity contribution is 0.0954. The molecule has 0 atom stereocenters. The average Bonchev–Trinajstić information content (AvgIpc) is 3.18. The molecule has 6 nitrogen and oxygen atoms in total. The molecule has 0 aliphatic heterocycles. The summed E-state index contributed by atoms with van der Waals surface area (Å²) in [7, 11) is -3.92. The van der Waals surface area contributed by atoms with Gasteiger partial charge in [-0.05, 0) is 60.5 Å². The number of halogens is 1. The van der Waals surface area contributed by atoms with E-state index in [4.69, 9.17) is 0 Å². The highest BCUT2D eigenvalue weighted by atomic mass is 32.2. The maximum Gasteiger partial charge on any atom is 0.261 e. The van der Waals surface area contributed by atoms with Crippen LogP contribution in [0.1, 0.15) is 15.9 Å². The van der Waals surface area contributed by atoms with Crippen LogP contribution in [0.25, 0.3) is 10.9 Å². The summed E-state index contributed by atoms with van der Waals surface area (Å²) in [5.41, 5.74) is 2.60. The van der Waals surface area contributed by atoms with Crippen LogP contribution in [0.15, 0.2) is 83.9 Å². The number of carbonyl (C=O) groups excluding carboxylic acids is 1. The quantitative estimate of drug-likeness (QED) is 0.407. The molecule has 8 heteroatoms. The molecule has 0 aliphatic rings. The summed E-state index contributed by atoms with van der Waals surface area (Å²) < 4.78 is 40.6. The molecule has 4 rings (SSSR count). The first-order chi connectivity index (χ1) is 14.9. The van der Waals surface area contributed by atoms with Crippen LogP contribution in [0.4, 0.5) is 10.1 Å². The van der Waals surface area contributed by atoms with E-state index < -0.39 is 15.8 Å². The highest BCUT2D eigenvalue weighted by Gasteiger charge is 2.16. The number of benzene rings is 3. The van der Waals surface area contributed by atoms with Gasteiger partial charge in [-0.3, -0.25) is 9.52 Å². The van der Waals surface area contributed by atoms with Crippen LogP contribution in [0.2, 0.25) is 0 Å². The predicted octanol–water partition coefficient (Wildman–Crippen LogP) is 4.08. The zero-order chi connectivity index (χ0) is 21.8. The molecule has 4 aromatic rings. The van der Waals surface area contributed by atoms with E-state index >= 15 is 0 Å². The molecule has 0 aliphatic carbocycles. The molecule has 1 aromatic heterocycles. The number of para-hydroxylation sites is 1. The van der Waals surface area contributed by atoms with E-state index in [1.807, 2.05) is 30.5 Å². The third kappa shape index (κ3) is 4.75. The number of fused-ring (bicyclic) bond motifs is 1. The average molecular weight is 437 g/mol. The monoisotopic (exact) mass is 437 g/mol. The van der Waals surface area contributed by atoms with Crippen molar-refractivity contribution in [3.63, 3.8) is 0 Å². The summed E-state index contributed by atoms with van der Waals surface area (Å²) in [5, 5.41) is 3.93. The van der Waals surface area contributed by atoms with E-state index in [9.17, 15) is 17.6 Å². The topological polar surface area (TPSA) is 91.1 Å². The second-order valence-corrected chi connectivity index (χ2v) is 8.69. The number of H-pyrrole nitrogens is 1. The summed E-state index contributed by atoms with van der Waals surface area (Å²) in [4.78, 5) is 15.7. The van der Waals surface area contributed by atoms with Crippen molar-refractivity contribution in [3.05, 3.63) is 95.9 Å². The fourth-order valence-electron chi connectivity index (χ4n) is 3.29. The lowest BCUT2D eigenvalue weighted by atomic mass is 10.1. The van der Waals surface area contributed by atoms with Crippen molar-refractivity contribution in [2.24, 2.45) is 0 Å². The van der Waals surface area contributed by atoms with Crippen LogP contribution in [0, 0.1) is 5.82 Å². The van der Waals surface area contributed by atoms with E-state index in [2.05, 4.69) is 15.0 Å². The number of aromatic nitrogens is 1. The molecule has 0 saturated heterocycles. The molecular weight excluding hydrogens is 417 g/mol. The Kier molecular flexibility index (Phi) is 5.73. The van der Waals surface area contributed by atoms with Crippen LogP contribution >= 0.6 is 0 Å². The Morgan fingerprint density at radius 3 is 2.55 bits per heavy atom. The number of rotatable bonds is 7. The van der Waals surface area contributed by atoms with Crippen molar-refractivity contribution < 1.29 is 17.6 Å². The third-order valence-corrected chi connectivity index (χ3v) is 6.24. The van der Waals surface area contributed by atoms with Crippen molar-refractivity contribution in [2.75, 3.05) is 11.3 Å². The molecule has 0 bridgehead atoms. The smallest absolute Gasteiger partial charge is 0.261 e. The fourth-order valence-corrected chi connectivity index (χ4v) is 4.39. The van der Waals surface area contributed by atoms with E-state index in [1.54, 1.807) is 6.07 Å². The number of hydrogen-bond acceptors (Lipinski definition) is 3. The van der Waals surface area contributed by atoms with Crippen molar-refractivity contribution in [3.8, 4) is 0 Å². The van der Waals surface area contributed by atoms with E-state index in [1.165, 1.54) is 30.3 Å². The van der Waals surface area contributed by atoms with Crippen molar-refractivity contribution in [1.29, 1.82) is 0 Å². The highest BCUT2D eigenvalue weighted by molar-refractivity contribution is 7.92. The molecule has 158 valence electrons. The number of hydrogen-bond donors (Lipinski definition) is 3. The molecule has 0 saturated carbocycles. The van der Waals surface area contributed by atoms with Gasteiger partial charge in [0.15, 0.2) is 0 Å². The Hall–Kier alpha value is -3.65. The molecule has 1 heterocycles. The van der Waals surface area contributed by atoms with Crippen LogP contribution in [-0.4, -0.2) is 25.9 Å². The van der Waals surface area contributed by atoms with Crippen molar-refractivity contribution in [2.45, 2.75) is 11.3 Å². The first-order valence-electron chi connectivity index (χ1n) is 9.64. The molecule has 31 heavy (non-hydrogen) atoms. The zero-order valence-corrected chi connectivity index (χ0v) is 17.2. The van der Waals surface area contributed by atoms with Gasteiger partial charge in [0.05, 0.1) is 4.90 Å². The summed E-state index contributed by atoms with van der Waals surface area (Å²) in [5.74, 6) is -0.826. The first-order valence-corrected chi connectivity index (χ1v) is 11.1. The van der Waals surface area contributed by atoms with Gasteiger partial charge in [-0.25, -0.2) is 12.8 Å². The second-order valence-electron chi connectivity index (χ2n) is 7.01. The molecule has 3 N–H and O–H groups in total. The maximum atomic E-state index is 13.0. The number of amides is 1. The SMILES string of the molecule is O=C(NCCc1c[nH]c2ccccc12)c1cccc(S(=O)(=O)Nc2ccc(F)cc2)c1. The zero-order valence-electron chi connectivity index (χ0n) is 16.4. The van der Waals surface area contributed by atoms with Crippen LogP contribution in [0.3, 0.4) is 0 Å². The minimum absolute atomic E-state index is 0.0545. The Balaban J connectivity index is 1.42. The Bertz CT molecular complexity index is 1330. The van der Waals surface area contributed by atoms with Gasteiger partial charge in [-0.1, -0.05) is 24.3 Å². The molecule has 1 amide bonds. The van der Waals surface area contributed by atoms with E-state index in [-0.39, 0.29) is 22.1 Å². The molecule has 0 spiro atoms. The summed E-state index contributed by atoms with van der Waals surface area (Å²) in [6.07, 6.45) is 2.56. The van der Waals surface area contributed by atoms with Gasteiger partial charge >= 0.3 is 0 Å². The minimum Gasteiger partial charge on any atom is -0.361 e. The van der Waals surface area contributed by atoms with Gasteiger partial charge in [0.25, 0.3) is 15.9 Å². The van der Waals surface area contributed by atoms with Gasteiger partial charge < -0.3 is 10.3 Å². The number of anilines is 1. The molecule has 0 unspecified atom stereocenters. The number of sulfonamides is 1. The van der Waals surface area contributed by atoms with Gasteiger partial charge in [-0.15, -0.1) is 0 Å². The lowest BCUT2D eigenvalue weighted by Gasteiger charge is -2.10. The van der Waals surface area contributed by atoms with Gasteiger partial charge in [0.2, 0.25) is 0 Å². The molecule has 0 fully saturated rings. The summed E-state index contributed by atoms with van der Waals surface area (Å²) >= 11 is 0. The van der Waals surface area contributed by atoms with Crippen LogP contribution < -0.4 is 10.0 Å². The normalized spacial score (nSPS) is 11.4. The van der Waals surface area contributed by atoms with Crippen molar-refractivity contribution >= 4 is 32.5 Å². The maximum absolute atomic E-state index is 13.0.